The predicted molar refractivity (Wildman–Crippen MR) is 103 cm³/mol. The second-order valence-electron chi connectivity index (χ2n) is 6.48. The normalized spacial score (nSPS) is 14.9. The van der Waals surface area contributed by atoms with E-state index in [-0.39, 0.29) is 19.5 Å². The molecule has 6 N–H and O–H groups in total. The number of rotatable bonds is 8. The van der Waals surface area contributed by atoms with Crippen molar-refractivity contribution in [2.75, 3.05) is 13.1 Å². The van der Waals surface area contributed by atoms with Crippen LogP contribution in [0.25, 0.3) is 0 Å². The first-order valence-corrected chi connectivity index (χ1v) is 9.04. The minimum Gasteiger partial charge on any atom is -0.475 e. The van der Waals surface area contributed by atoms with Gasteiger partial charge in [-0.25, -0.2) is 4.79 Å². The number of halogens is 3. The Morgan fingerprint density at radius 1 is 1.06 bits per heavy atom. The molecule has 1 heterocycles. The summed E-state index contributed by atoms with van der Waals surface area (Å²) in [5, 5.41) is 9.73. The molecule has 32 heavy (non-hydrogen) atoms. The average Bonchev–Trinajstić information content (AvgIpc) is 3.04. The highest BCUT2D eigenvalue weighted by atomic mass is 19.4. The zero-order valence-electron chi connectivity index (χ0n) is 16.5. The number of imide groups is 1. The molecular weight excluding hydrogens is 437 g/mol. The minimum absolute atomic E-state index is 0.0419. The lowest BCUT2D eigenvalue weighted by molar-refractivity contribution is -0.192. The summed E-state index contributed by atoms with van der Waals surface area (Å²) in [6, 6.07) is 7.97. The van der Waals surface area contributed by atoms with Gasteiger partial charge >= 0.3 is 12.1 Å². The number of alkyl halides is 3. The highest BCUT2D eigenvalue weighted by Gasteiger charge is 2.38. The zero-order chi connectivity index (χ0) is 24.5. The summed E-state index contributed by atoms with van der Waals surface area (Å²) in [6.45, 7) is 0.106. The summed E-state index contributed by atoms with van der Waals surface area (Å²) in [6.07, 6.45) is -2.49. The number of carboxylic acids is 1. The standard InChI is InChI=1S/C17H20N4O4.C2HF3O2/c18-15(16(19)24)12(10-11-4-2-1-3-5-11)17(25)20-8-9-21-13(22)6-7-14(21)23;3-2(4,5)1(6)7/h1-7,12,15H,8-10,18H2,(H2,19,24)(H,20,25);(H,6,7)/t12-,15?;/m0./s1. The van der Waals surface area contributed by atoms with E-state index in [9.17, 15) is 32.3 Å². The van der Waals surface area contributed by atoms with Gasteiger partial charge in [0.2, 0.25) is 11.8 Å². The van der Waals surface area contributed by atoms with Gasteiger partial charge in [-0.1, -0.05) is 30.3 Å². The van der Waals surface area contributed by atoms with Gasteiger partial charge in [0.1, 0.15) is 0 Å². The Morgan fingerprint density at radius 3 is 2.00 bits per heavy atom. The maximum absolute atomic E-state index is 12.4. The molecule has 1 unspecified atom stereocenters. The molecule has 4 amide bonds. The summed E-state index contributed by atoms with van der Waals surface area (Å²) in [7, 11) is 0. The largest absolute Gasteiger partial charge is 0.490 e. The van der Waals surface area contributed by atoms with Crippen molar-refractivity contribution < 1.29 is 42.3 Å². The molecule has 1 aliphatic rings. The van der Waals surface area contributed by atoms with Gasteiger partial charge in [0, 0.05) is 25.2 Å². The fourth-order valence-electron chi connectivity index (χ4n) is 2.52. The van der Waals surface area contributed by atoms with E-state index in [0.29, 0.717) is 0 Å². The van der Waals surface area contributed by atoms with E-state index in [2.05, 4.69) is 5.32 Å². The first kappa shape index (κ1) is 26.3. The lowest BCUT2D eigenvalue weighted by atomic mass is 9.91. The SMILES string of the molecule is NC(=O)C(N)[C@H](Cc1ccccc1)C(=O)NCCN1C(=O)C=CC1=O.O=C(O)C(F)(F)F. The molecule has 174 valence electrons. The van der Waals surface area contributed by atoms with Crippen molar-refractivity contribution in [3.8, 4) is 0 Å². The summed E-state index contributed by atoms with van der Waals surface area (Å²) < 4.78 is 31.7. The van der Waals surface area contributed by atoms with Gasteiger partial charge in [-0.05, 0) is 12.0 Å². The van der Waals surface area contributed by atoms with Crippen LogP contribution in [-0.4, -0.2) is 64.9 Å². The van der Waals surface area contributed by atoms with E-state index < -0.39 is 47.7 Å². The molecule has 1 aliphatic heterocycles. The minimum atomic E-state index is -5.08. The number of aliphatic carboxylic acids is 1. The van der Waals surface area contributed by atoms with Crippen molar-refractivity contribution in [1.29, 1.82) is 0 Å². The molecule has 13 heteroatoms. The quantitative estimate of drug-likeness (QED) is 0.374. The highest BCUT2D eigenvalue weighted by molar-refractivity contribution is 6.12. The topological polar surface area (TPSA) is 173 Å². The van der Waals surface area contributed by atoms with Gasteiger partial charge in [0.25, 0.3) is 11.8 Å². The molecule has 0 fully saturated rings. The molecule has 0 aromatic heterocycles. The van der Waals surface area contributed by atoms with Crippen LogP contribution in [0.15, 0.2) is 42.5 Å². The molecule has 1 aromatic rings. The fourth-order valence-corrected chi connectivity index (χ4v) is 2.52. The number of nitrogens with one attached hydrogen (secondary N) is 1. The van der Waals surface area contributed by atoms with E-state index >= 15 is 0 Å². The van der Waals surface area contributed by atoms with Gasteiger partial charge in [-0.3, -0.25) is 24.1 Å². The lowest BCUT2D eigenvalue weighted by Crippen LogP contribution is -2.51. The molecule has 0 bridgehead atoms. The molecule has 0 aliphatic carbocycles. The first-order valence-electron chi connectivity index (χ1n) is 9.04. The highest BCUT2D eigenvalue weighted by Crippen LogP contribution is 2.13. The monoisotopic (exact) mass is 458 g/mol. The maximum Gasteiger partial charge on any atom is 0.490 e. The van der Waals surface area contributed by atoms with Gasteiger partial charge in [-0.2, -0.15) is 13.2 Å². The van der Waals surface area contributed by atoms with Gasteiger partial charge in [0.15, 0.2) is 0 Å². The average molecular weight is 458 g/mol. The van der Waals surface area contributed by atoms with Crippen LogP contribution in [-0.2, 0) is 30.4 Å². The van der Waals surface area contributed by atoms with Crippen LogP contribution in [0.3, 0.4) is 0 Å². The number of nitrogens with two attached hydrogens (primary N) is 2. The van der Waals surface area contributed by atoms with E-state index in [1.54, 1.807) is 0 Å². The number of carbonyl (C=O) groups is 5. The van der Waals surface area contributed by atoms with Crippen LogP contribution in [0.5, 0.6) is 0 Å². The number of benzene rings is 1. The summed E-state index contributed by atoms with van der Waals surface area (Å²) >= 11 is 0. The molecule has 0 saturated carbocycles. The van der Waals surface area contributed by atoms with Crippen molar-refractivity contribution in [2.24, 2.45) is 17.4 Å². The Morgan fingerprint density at radius 2 is 1.56 bits per heavy atom. The number of carboxylic acid groups (broad SMARTS) is 1. The van der Waals surface area contributed by atoms with Crippen LogP contribution in [0.2, 0.25) is 0 Å². The Kier molecular flexibility index (Phi) is 9.53. The predicted octanol–water partition coefficient (Wildman–Crippen LogP) is -0.668. The summed E-state index contributed by atoms with van der Waals surface area (Å²) in [5.41, 5.74) is 11.9. The Bertz CT molecular complexity index is 871. The van der Waals surface area contributed by atoms with E-state index in [1.165, 1.54) is 12.2 Å². The number of carbonyl (C=O) groups excluding carboxylic acids is 4. The second-order valence-corrected chi connectivity index (χ2v) is 6.48. The Labute approximate surface area is 180 Å². The molecule has 1 aromatic carbocycles. The van der Waals surface area contributed by atoms with E-state index in [0.717, 1.165) is 10.5 Å². The van der Waals surface area contributed by atoms with Crippen LogP contribution in [0.4, 0.5) is 13.2 Å². The maximum atomic E-state index is 12.4. The Balaban J connectivity index is 0.000000633. The Hall–Kier alpha value is -3.74. The van der Waals surface area contributed by atoms with Crippen molar-refractivity contribution in [3.05, 3.63) is 48.0 Å². The van der Waals surface area contributed by atoms with Gasteiger partial charge in [0.05, 0.1) is 12.0 Å². The number of nitrogens with zero attached hydrogens (tertiary/aromatic N) is 1. The molecule has 0 spiro atoms. The molecule has 0 radical (unpaired) electrons. The van der Waals surface area contributed by atoms with Gasteiger partial charge < -0.3 is 21.9 Å². The molecule has 10 nitrogen and oxygen atoms in total. The number of hydrogen-bond donors (Lipinski definition) is 4. The smallest absolute Gasteiger partial charge is 0.475 e. The number of amides is 4. The lowest BCUT2D eigenvalue weighted by Gasteiger charge is -2.22. The van der Waals surface area contributed by atoms with Crippen molar-refractivity contribution in [3.63, 3.8) is 0 Å². The van der Waals surface area contributed by atoms with Crippen LogP contribution < -0.4 is 16.8 Å². The summed E-state index contributed by atoms with van der Waals surface area (Å²) in [5.74, 6) is -5.68. The zero-order valence-corrected chi connectivity index (χ0v) is 16.5. The molecular formula is C19H21F3N4O6. The number of hydrogen-bond acceptors (Lipinski definition) is 6. The third-order valence-electron chi connectivity index (χ3n) is 4.17. The van der Waals surface area contributed by atoms with E-state index in [1.807, 2.05) is 30.3 Å². The number of primary amides is 1. The van der Waals surface area contributed by atoms with Gasteiger partial charge in [-0.15, -0.1) is 0 Å². The van der Waals surface area contributed by atoms with Crippen molar-refractivity contribution >= 4 is 29.6 Å². The third kappa shape index (κ3) is 8.18. The fraction of sp³-hybridized carbons (Fsp3) is 0.316. The van der Waals surface area contributed by atoms with Crippen LogP contribution in [0, 0.1) is 5.92 Å². The first-order chi connectivity index (χ1) is 14.8. The molecule has 2 atom stereocenters. The van der Waals surface area contributed by atoms with E-state index in [4.69, 9.17) is 21.4 Å². The van der Waals surface area contributed by atoms with Crippen molar-refractivity contribution in [1.82, 2.24) is 10.2 Å². The third-order valence-corrected chi connectivity index (χ3v) is 4.17. The van der Waals surface area contributed by atoms with Crippen LogP contribution >= 0.6 is 0 Å². The molecule has 2 rings (SSSR count). The molecule has 0 saturated heterocycles. The van der Waals surface area contributed by atoms with Crippen LogP contribution in [0.1, 0.15) is 5.56 Å². The second kappa shape index (κ2) is 11.6. The van der Waals surface area contributed by atoms with Crippen molar-refractivity contribution in [2.45, 2.75) is 18.6 Å². The summed E-state index contributed by atoms with van der Waals surface area (Å²) in [4.78, 5) is 56.7.